The molecule has 0 radical (unpaired) electrons. The summed E-state index contributed by atoms with van der Waals surface area (Å²) in [5.41, 5.74) is 2.81. The summed E-state index contributed by atoms with van der Waals surface area (Å²) >= 11 is 0. The second kappa shape index (κ2) is 9.50. The number of aromatic nitrogens is 2. The number of carbonyl (C=O) groups is 3. The zero-order valence-electron chi connectivity index (χ0n) is 23.5. The number of benzene rings is 1. The van der Waals surface area contributed by atoms with Gasteiger partial charge in [-0.05, 0) is 64.2 Å². The highest BCUT2D eigenvalue weighted by molar-refractivity contribution is 6.02. The second-order valence-corrected chi connectivity index (χ2v) is 13.2. The van der Waals surface area contributed by atoms with Crippen molar-refractivity contribution in [3.8, 4) is 0 Å². The highest BCUT2D eigenvalue weighted by Gasteiger charge is 2.54. The fraction of sp³-hybridized carbons (Fsp3) is 0.655. The zero-order valence-corrected chi connectivity index (χ0v) is 23.5. The molecule has 0 saturated carbocycles. The Morgan fingerprint density at radius 1 is 1.10 bits per heavy atom. The minimum atomic E-state index is -0.442. The normalized spacial score (nSPS) is 24.1. The molecule has 1 unspecified atom stereocenters. The third-order valence-corrected chi connectivity index (χ3v) is 8.75. The number of fused-ring (bicyclic) bond motifs is 1. The summed E-state index contributed by atoms with van der Waals surface area (Å²) in [6.07, 6.45) is 3.00. The van der Waals surface area contributed by atoms with Crippen molar-refractivity contribution in [1.82, 2.24) is 24.9 Å². The van der Waals surface area contributed by atoms with Crippen LogP contribution in [0.1, 0.15) is 58.1 Å². The fourth-order valence-corrected chi connectivity index (χ4v) is 6.87. The number of piperidine rings is 2. The highest BCUT2D eigenvalue weighted by atomic mass is 16.6. The van der Waals surface area contributed by atoms with Crippen molar-refractivity contribution >= 4 is 34.5 Å². The van der Waals surface area contributed by atoms with Crippen molar-refractivity contribution in [2.45, 2.75) is 58.0 Å². The van der Waals surface area contributed by atoms with Crippen LogP contribution in [0.15, 0.2) is 18.2 Å². The van der Waals surface area contributed by atoms with E-state index in [2.05, 4.69) is 38.4 Å². The third kappa shape index (κ3) is 5.11. The monoisotopic (exact) mass is 536 g/mol. The number of amides is 3. The molecule has 6 rings (SSSR count). The van der Waals surface area contributed by atoms with Crippen LogP contribution in [0.25, 0.3) is 10.9 Å². The molecule has 10 heteroatoms. The van der Waals surface area contributed by atoms with E-state index >= 15 is 0 Å². The number of likely N-dealkylation sites (tertiary alicyclic amines) is 2. The van der Waals surface area contributed by atoms with Crippen LogP contribution in [0.3, 0.4) is 0 Å². The average Bonchev–Trinajstić information content (AvgIpc) is 3.14. The van der Waals surface area contributed by atoms with Gasteiger partial charge in [0.25, 0.3) is 0 Å². The van der Waals surface area contributed by atoms with Gasteiger partial charge in [-0.2, -0.15) is 5.10 Å². The predicted octanol–water partition coefficient (Wildman–Crippen LogP) is 2.86. The topological polar surface area (TPSA) is 100 Å². The molecule has 1 spiro atoms. The lowest BCUT2D eigenvalue weighted by Gasteiger charge is -2.60. The molecule has 1 aromatic carbocycles. The molecular formula is C29H40N6O4. The van der Waals surface area contributed by atoms with E-state index in [4.69, 9.17) is 4.74 Å². The summed E-state index contributed by atoms with van der Waals surface area (Å²) in [5.74, 6) is -0.138. The Kier molecular flexibility index (Phi) is 6.36. The van der Waals surface area contributed by atoms with E-state index in [-0.39, 0.29) is 29.2 Å². The third-order valence-electron chi connectivity index (χ3n) is 8.75. The van der Waals surface area contributed by atoms with E-state index in [9.17, 15) is 14.4 Å². The van der Waals surface area contributed by atoms with Gasteiger partial charge >= 0.3 is 6.09 Å². The minimum Gasteiger partial charge on any atom is -0.444 e. The number of aryl methyl sites for hydroxylation is 1. The van der Waals surface area contributed by atoms with E-state index in [0.29, 0.717) is 18.8 Å². The van der Waals surface area contributed by atoms with Crippen LogP contribution in [0.4, 0.5) is 10.5 Å². The molecule has 1 atom stereocenters. The van der Waals surface area contributed by atoms with Gasteiger partial charge in [0.15, 0.2) is 0 Å². The van der Waals surface area contributed by atoms with Gasteiger partial charge in [0.2, 0.25) is 11.8 Å². The highest BCUT2D eigenvalue weighted by Crippen LogP contribution is 2.41. The number of rotatable bonds is 4. The summed E-state index contributed by atoms with van der Waals surface area (Å²) in [5, 5.41) is 8.12. The Morgan fingerprint density at radius 3 is 2.49 bits per heavy atom. The molecule has 210 valence electrons. The van der Waals surface area contributed by atoms with E-state index in [1.807, 2.05) is 37.4 Å². The van der Waals surface area contributed by atoms with Gasteiger partial charge in [0.1, 0.15) is 5.60 Å². The molecule has 0 bridgehead atoms. The average molecular weight is 537 g/mol. The van der Waals surface area contributed by atoms with E-state index < -0.39 is 5.60 Å². The first kappa shape index (κ1) is 26.1. The molecule has 39 heavy (non-hydrogen) atoms. The Morgan fingerprint density at radius 2 is 1.82 bits per heavy atom. The molecule has 10 nitrogen and oxygen atoms in total. The first-order chi connectivity index (χ1) is 18.5. The minimum absolute atomic E-state index is 0.185. The summed E-state index contributed by atoms with van der Waals surface area (Å²) in [4.78, 5) is 43.1. The molecular weight excluding hydrogens is 496 g/mol. The Hall–Kier alpha value is -3.14. The number of imide groups is 1. The summed E-state index contributed by atoms with van der Waals surface area (Å²) in [7, 11) is 1.92. The van der Waals surface area contributed by atoms with E-state index in [1.165, 1.54) is 18.5 Å². The molecule has 4 aliphatic rings. The maximum atomic E-state index is 12.4. The maximum absolute atomic E-state index is 12.4. The van der Waals surface area contributed by atoms with Crippen LogP contribution >= 0.6 is 0 Å². The van der Waals surface area contributed by atoms with Crippen LogP contribution in [-0.2, 0) is 21.4 Å². The van der Waals surface area contributed by atoms with Crippen molar-refractivity contribution in [3.05, 3.63) is 23.9 Å². The second-order valence-electron chi connectivity index (χ2n) is 13.2. The molecule has 3 amide bonds. The molecule has 4 fully saturated rings. The summed E-state index contributed by atoms with van der Waals surface area (Å²) in [6.45, 7) is 12.7. The Labute approximate surface area is 229 Å². The van der Waals surface area contributed by atoms with Gasteiger partial charge in [-0.15, -0.1) is 0 Å². The van der Waals surface area contributed by atoms with Gasteiger partial charge in [0, 0.05) is 75.8 Å². The smallest absolute Gasteiger partial charge is 0.410 e. The number of hydrogen-bond donors (Lipinski definition) is 1. The quantitative estimate of drug-likeness (QED) is 0.600. The number of carbonyl (C=O) groups excluding carboxylic acids is 3. The van der Waals surface area contributed by atoms with Gasteiger partial charge < -0.3 is 19.4 Å². The molecule has 1 aromatic heterocycles. The Balaban J connectivity index is 0.997. The van der Waals surface area contributed by atoms with Crippen LogP contribution in [0.2, 0.25) is 0 Å². The van der Waals surface area contributed by atoms with Gasteiger partial charge in [-0.1, -0.05) is 0 Å². The van der Waals surface area contributed by atoms with E-state index in [0.717, 1.165) is 62.4 Å². The summed E-state index contributed by atoms with van der Waals surface area (Å²) in [6, 6.07) is 6.41. The first-order valence-electron chi connectivity index (χ1n) is 14.2. The fourth-order valence-electron chi connectivity index (χ4n) is 6.87. The molecule has 0 aliphatic carbocycles. The number of ether oxygens (including phenoxy) is 1. The molecule has 4 aliphatic heterocycles. The van der Waals surface area contributed by atoms with Crippen molar-refractivity contribution in [2.75, 3.05) is 50.7 Å². The van der Waals surface area contributed by atoms with Gasteiger partial charge in [-0.3, -0.25) is 19.6 Å². The van der Waals surface area contributed by atoms with Crippen LogP contribution in [0.5, 0.6) is 0 Å². The molecule has 2 aromatic rings. The van der Waals surface area contributed by atoms with Crippen molar-refractivity contribution in [1.29, 1.82) is 0 Å². The predicted molar refractivity (Wildman–Crippen MR) is 147 cm³/mol. The van der Waals surface area contributed by atoms with Gasteiger partial charge in [0.05, 0.1) is 17.1 Å². The number of anilines is 1. The van der Waals surface area contributed by atoms with Crippen LogP contribution in [-0.4, -0.2) is 88.9 Å². The maximum Gasteiger partial charge on any atom is 0.410 e. The largest absolute Gasteiger partial charge is 0.444 e. The molecule has 4 saturated heterocycles. The zero-order chi connectivity index (χ0) is 27.5. The SMILES string of the molecule is Cn1nc(C2CCC(=O)NC2=O)c2ccc(N3CCC(CN4CC5(C4)CN(C(=O)OC(C)(C)C)C5)CC3)cc21. The van der Waals surface area contributed by atoms with Crippen LogP contribution < -0.4 is 10.2 Å². The van der Waals surface area contributed by atoms with Gasteiger partial charge in [-0.25, -0.2) is 4.79 Å². The number of nitrogens with one attached hydrogen (secondary N) is 1. The molecule has 1 N–H and O–H groups in total. The van der Waals surface area contributed by atoms with Crippen molar-refractivity contribution in [2.24, 2.45) is 18.4 Å². The lowest BCUT2D eigenvalue weighted by atomic mass is 9.72. The lowest BCUT2D eigenvalue weighted by molar-refractivity contribution is -0.134. The standard InChI is InChI=1S/C29H40N6O4/c1-28(2,3)39-27(38)35-17-29(18-35)15-33(16-29)14-19-9-11-34(12-10-19)20-5-6-21-23(13-20)32(4)31-25(21)22-7-8-24(36)30-26(22)37/h5-6,13,19,22H,7-12,14-18H2,1-4H3,(H,30,36,37). The number of nitrogens with zero attached hydrogens (tertiary/aromatic N) is 5. The van der Waals surface area contributed by atoms with Crippen LogP contribution in [0, 0.1) is 11.3 Å². The number of hydrogen-bond acceptors (Lipinski definition) is 7. The van der Waals surface area contributed by atoms with Crippen molar-refractivity contribution in [3.63, 3.8) is 0 Å². The lowest BCUT2D eigenvalue weighted by Crippen LogP contribution is -2.73. The first-order valence-corrected chi connectivity index (χ1v) is 14.2. The summed E-state index contributed by atoms with van der Waals surface area (Å²) < 4.78 is 7.36. The Bertz CT molecular complexity index is 1290. The van der Waals surface area contributed by atoms with Crippen molar-refractivity contribution < 1.29 is 19.1 Å². The van der Waals surface area contributed by atoms with E-state index in [1.54, 1.807) is 0 Å². The molecule has 5 heterocycles.